The van der Waals surface area contributed by atoms with Crippen LogP contribution in [0.1, 0.15) is 20.7 Å². The van der Waals surface area contributed by atoms with Crippen LogP contribution in [0.2, 0.25) is 0 Å². The van der Waals surface area contributed by atoms with Crippen molar-refractivity contribution in [3.8, 4) is 0 Å². The van der Waals surface area contributed by atoms with Crippen molar-refractivity contribution in [1.82, 2.24) is 15.8 Å². The van der Waals surface area contributed by atoms with Crippen LogP contribution in [0.25, 0.3) is 0 Å². The van der Waals surface area contributed by atoms with Crippen molar-refractivity contribution in [2.75, 3.05) is 0 Å². The van der Waals surface area contributed by atoms with Crippen LogP contribution in [0.5, 0.6) is 0 Å². The summed E-state index contributed by atoms with van der Waals surface area (Å²) in [6, 6.07) is 17.3. The molecule has 1 atom stereocenters. The van der Waals surface area contributed by atoms with Crippen molar-refractivity contribution < 1.29 is 9.59 Å². The highest BCUT2D eigenvalue weighted by Crippen LogP contribution is 2.09. The molecule has 2 aromatic rings. The summed E-state index contributed by atoms with van der Waals surface area (Å²) in [6.45, 7) is 0. The van der Waals surface area contributed by atoms with Crippen molar-refractivity contribution in [2.24, 2.45) is 10.7 Å². The third kappa shape index (κ3) is 3.25. The van der Waals surface area contributed by atoms with Crippen LogP contribution < -0.4 is 16.5 Å². The molecule has 2 amide bonds. The topological polar surface area (TPSA) is 99.8 Å². The first kappa shape index (κ1) is 14.9. The van der Waals surface area contributed by atoms with Gasteiger partial charge in [0.05, 0.1) is 0 Å². The Morgan fingerprint density at radius 2 is 1.57 bits per heavy atom. The lowest BCUT2D eigenvalue weighted by Gasteiger charge is -2.25. The van der Waals surface area contributed by atoms with Gasteiger partial charge in [-0.3, -0.25) is 15.3 Å². The van der Waals surface area contributed by atoms with E-state index >= 15 is 0 Å². The predicted molar refractivity (Wildman–Crippen MR) is 85.1 cm³/mol. The van der Waals surface area contributed by atoms with Crippen LogP contribution >= 0.6 is 0 Å². The number of nitrogens with two attached hydrogens (primary N) is 1. The molecule has 4 N–H and O–H groups in total. The summed E-state index contributed by atoms with van der Waals surface area (Å²) in [5.74, 6) is -2.29. The third-order valence-corrected chi connectivity index (χ3v) is 3.25. The Labute approximate surface area is 132 Å². The molecule has 0 fully saturated rings. The van der Waals surface area contributed by atoms with Gasteiger partial charge >= 0.3 is 0 Å². The Hall–Kier alpha value is -3.03. The molecule has 116 valence electrons. The summed E-state index contributed by atoms with van der Waals surface area (Å²) < 4.78 is 0. The maximum Gasteiger partial charge on any atom is 0.273 e. The normalized spacial score (nSPS) is 19.6. The van der Waals surface area contributed by atoms with Crippen LogP contribution in [-0.2, 0) is 0 Å². The highest BCUT2D eigenvalue weighted by atomic mass is 16.2. The van der Waals surface area contributed by atoms with E-state index in [1.54, 1.807) is 54.6 Å². The van der Waals surface area contributed by atoms with E-state index in [0.29, 0.717) is 11.1 Å². The van der Waals surface area contributed by atoms with Gasteiger partial charge in [0.15, 0.2) is 0 Å². The highest BCUT2D eigenvalue weighted by Gasteiger charge is 2.35. The van der Waals surface area contributed by atoms with Crippen LogP contribution in [0.3, 0.4) is 0 Å². The molecule has 0 bridgehead atoms. The van der Waals surface area contributed by atoms with Gasteiger partial charge in [0, 0.05) is 11.1 Å². The van der Waals surface area contributed by atoms with E-state index in [2.05, 4.69) is 15.7 Å². The second-order valence-electron chi connectivity index (χ2n) is 4.98. The molecule has 1 aliphatic rings. The fraction of sp³-hybridized carbons (Fsp3) is 0.0625. The molecular formula is C16H15N5O2. The number of hydrogen-bond donors (Lipinski definition) is 3. The number of aliphatic imine (C=N–C) groups is 1. The van der Waals surface area contributed by atoms with Crippen molar-refractivity contribution in [3.63, 3.8) is 0 Å². The maximum absolute atomic E-state index is 12.3. The van der Waals surface area contributed by atoms with Crippen LogP contribution in [0, 0.1) is 0 Å². The molecule has 7 nitrogen and oxygen atoms in total. The van der Waals surface area contributed by atoms with Crippen molar-refractivity contribution >= 4 is 18.2 Å². The number of nitrogens with one attached hydrogen (secondary N) is 2. The Bertz CT molecular complexity index is 748. The lowest BCUT2D eigenvalue weighted by atomic mass is 10.2. The SMILES string of the molecule is NC1(NC(=O)c2ccccc2)N=CN(C(=O)c2ccccc2)N1. The van der Waals surface area contributed by atoms with Gasteiger partial charge in [0.1, 0.15) is 6.34 Å². The Morgan fingerprint density at radius 1 is 1.00 bits per heavy atom. The lowest BCUT2D eigenvalue weighted by molar-refractivity contribution is 0.0697. The van der Waals surface area contributed by atoms with Gasteiger partial charge in [0.2, 0.25) is 0 Å². The first-order valence-electron chi connectivity index (χ1n) is 6.96. The smallest absolute Gasteiger partial charge is 0.273 e. The fourth-order valence-corrected chi connectivity index (χ4v) is 2.11. The predicted octanol–water partition coefficient (Wildman–Crippen LogP) is 0.675. The summed E-state index contributed by atoms with van der Waals surface area (Å²) >= 11 is 0. The first-order valence-corrected chi connectivity index (χ1v) is 6.96. The van der Waals surface area contributed by atoms with E-state index in [-0.39, 0.29) is 5.91 Å². The van der Waals surface area contributed by atoms with Crippen molar-refractivity contribution in [2.45, 2.75) is 5.91 Å². The van der Waals surface area contributed by atoms with Crippen molar-refractivity contribution in [1.29, 1.82) is 0 Å². The minimum absolute atomic E-state index is 0.323. The zero-order valence-corrected chi connectivity index (χ0v) is 12.1. The number of carbonyl (C=O) groups excluding carboxylic acids is 2. The summed E-state index contributed by atoms with van der Waals surface area (Å²) in [7, 11) is 0. The van der Waals surface area contributed by atoms with E-state index in [1.165, 1.54) is 6.34 Å². The number of hydrazine groups is 1. The molecule has 3 rings (SSSR count). The first-order chi connectivity index (χ1) is 11.1. The standard InChI is InChI=1S/C16H15N5O2/c17-16(19-14(22)12-7-3-1-4-8-12)18-11-21(20-16)15(23)13-9-5-2-6-10-13/h1-11,20H,17H2,(H,19,22). The molecule has 0 spiro atoms. The molecule has 0 aliphatic carbocycles. The van der Waals surface area contributed by atoms with E-state index in [1.807, 2.05) is 6.07 Å². The summed E-state index contributed by atoms with van der Waals surface area (Å²) in [5.41, 5.74) is 9.57. The number of benzene rings is 2. The molecule has 7 heteroatoms. The molecule has 0 aromatic heterocycles. The minimum Gasteiger partial charge on any atom is -0.301 e. The van der Waals surface area contributed by atoms with Gasteiger partial charge in [-0.1, -0.05) is 36.4 Å². The molecule has 0 saturated heterocycles. The zero-order chi connectivity index (χ0) is 16.3. The largest absolute Gasteiger partial charge is 0.301 e. The van der Waals surface area contributed by atoms with Gasteiger partial charge in [-0.05, 0) is 24.3 Å². The molecule has 1 heterocycles. The molecule has 2 aromatic carbocycles. The quantitative estimate of drug-likeness (QED) is 0.726. The van der Waals surface area contributed by atoms with Crippen molar-refractivity contribution in [3.05, 3.63) is 71.8 Å². The highest BCUT2D eigenvalue weighted by molar-refractivity contribution is 6.01. The summed E-state index contributed by atoms with van der Waals surface area (Å²) in [6.07, 6.45) is 1.25. The van der Waals surface area contributed by atoms with Crippen LogP contribution in [0.15, 0.2) is 65.7 Å². The van der Waals surface area contributed by atoms with E-state index in [9.17, 15) is 9.59 Å². The molecule has 0 saturated carbocycles. The second kappa shape index (κ2) is 5.99. The monoisotopic (exact) mass is 309 g/mol. The van der Waals surface area contributed by atoms with Gasteiger partial charge in [-0.15, -0.1) is 0 Å². The van der Waals surface area contributed by atoms with Crippen LogP contribution in [-0.4, -0.2) is 29.1 Å². The van der Waals surface area contributed by atoms with E-state index in [4.69, 9.17) is 5.73 Å². The van der Waals surface area contributed by atoms with Gasteiger partial charge in [-0.25, -0.2) is 10.0 Å². The fourth-order valence-electron chi connectivity index (χ4n) is 2.11. The molecule has 1 aliphatic heterocycles. The van der Waals surface area contributed by atoms with E-state index in [0.717, 1.165) is 5.01 Å². The number of nitrogens with zero attached hydrogens (tertiary/aromatic N) is 2. The van der Waals surface area contributed by atoms with Gasteiger partial charge in [0.25, 0.3) is 17.7 Å². The Balaban J connectivity index is 1.68. The Morgan fingerprint density at radius 3 is 2.17 bits per heavy atom. The number of amides is 2. The number of hydrogen-bond acceptors (Lipinski definition) is 5. The maximum atomic E-state index is 12.3. The van der Waals surface area contributed by atoms with E-state index < -0.39 is 11.8 Å². The molecular weight excluding hydrogens is 294 g/mol. The summed E-state index contributed by atoms with van der Waals surface area (Å²) in [4.78, 5) is 28.4. The third-order valence-electron chi connectivity index (χ3n) is 3.25. The van der Waals surface area contributed by atoms with Crippen LogP contribution in [0.4, 0.5) is 0 Å². The molecule has 23 heavy (non-hydrogen) atoms. The molecule has 1 unspecified atom stereocenters. The average molecular weight is 309 g/mol. The second-order valence-corrected chi connectivity index (χ2v) is 4.98. The zero-order valence-electron chi connectivity index (χ0n) is 12.1. The molecule has 0 radical (unpaired) electrons. The number of rotatable bonds is 3. The van der Waals surface area contributed by atoms with Gasteiger partial charge in [-0.2, -0.15) is 5.43 Å². The van der Waals surface area contributed by atoms with Gasteiger partial charge < -0.3 is 5.32 Å². The average Bonchev–Trinajstić information content (AvgIpc) is 2.97. The lowest BCUT2D eigenvalue weighted by Crippen LogP contribution is -2.65. The Kier molecular flexibility index (Phi) is 3.88. The minimum atomic E-state index is -1.57. The number of carbonyl (C=O) groups is 2. The summed E-state index contributed by atoms with van der Waals surface area (Å²) in [5, 5.41) is 3.68.